The van der Waals surface area contributed by atoms with Crippen LogP contribution >= 0.6 is 23.2 Å². The zero-order chi connectivity index (χ0) is 28.9. The number of esters is 1. The molecule has 7 nitrogen and oxygen atoms in total. The van der Waals surface area contributed by atoms with Crippen LogP contribution in [0.2, 0.25) is 10.0 Å². The van der Waals surface area contributed by atoms with Crippen molar-refractivity contribution in [1.29, 1.82) is 5.26 Å². The molecule has 1 unspecified atom stereocenters. The lowest BCUT2D eigenvalue weighted by molar-refractivity contribution is -0.136. The normalized spacial score (nSPS) is 14.0. The molecule has 1 aliphatic heterocycles. The van der Waals surface area contributed by atoms with E-state index in [-0.39, 0.29) is 23.8 Å². The second-order valence-corrected chi connectivity index (χ2v) is 10.1. The Balaban J connectivity index is 1.30. The topological polar surface area (TPSA) is 104 Å². The van der Waals surface area contributed by atoms with Crippen molar-refractivity contribution >= 4 is 29.2 Å². The summed E-state index contributed by atoms with van der Waals surface area (Å²) in [7, 11) is 0. The number of benzene rings is 4. The molecule has 4 aromatic rings. The molecule has 9 heteroatoms. The van der Waals surface area contributed by atoms with Gasteiger partial charge in [-0.3, -0.25) is 0 Å². The summed E-state index contributed by atoms with van der Waals surface area (Å²) >= 11 is 12.2. The van der Waals surface area contributed by atoms with E-state index in [4.69, 9.17) is 47.9 Å². The Morgan fingerprint density at radius 1 is 0.976 bits per heavy atom. The predicted octanol–water partition coefficient (Wildman–Crippen LogP) is 7.08. The molecule has 0 amide bonds. The molecule has 5 rings (SSSR count). The third-order valence-corrected chi connectivity index (χ3v) is 7.07. The molecule has 0 spiro atoms. The van der Waals surface area contributed by atoms with E-state index in [0.29, 0.717) is 39.5 Å². The van der Waals surface area contributed by atoms with E-state index in [1.54, 1.807) is 36.4 Å². The van der Waals surface area contributed by atoms with Gasteiger partial charge in [-0.1, -0.05) is 59.6 Å². The molecule has 1 heterocycles. The molecule has 1 atom stereocenters. The highest BCUT2D eigenvalue weighted by atomic mass is 35.5. The average Bonchev–Trinajstić information content (AvgIpc) is 2.96. The van der Waals surface area contributed by atoms with Crippen LogP contribution in [0.4, 0.5) is 0 Å². The van der Waals surface area contributed by atoms with Crippen LogP contribution in [-0.4, -0.2) is 12.6 Å². The Hall–Kier alpha value is -4.64. The molecular formula is C32H24Cl2N2O5. The lowest BCUT2D eigenvalue weighted by Crippen LogP contribution is -2.21. The van der Waals surface area contributed by atoms with Crippen molar-refractivity contribution < 1.29 is 23.7 Å². The number of rotatable bonds is 8. The summed E-state index contributed by atoms with van der Waals surface area (Å²) in [4.78, 5) is 12.5. The van der Waals surface area contributed by atoms with Gasteiger partial charge in [0.15, 0.2) is 6.61 Å². The minimum Gasteiger partial charge on any atom is -0.489 e. The molecule has 0 radical (unpaired) electrons. The Morgan fingerprint density at radius 3 is 2.46 bits per heavy atom. The fourth-order valence-electron chi connectivity index (χ4n) is 4.45. The summed E-state index contributed by atoms with van der Waals surface area (Å²) in [5, 5.41) is 11.1. The zero-order valence-electron chi connectivity index (χ0n) is 21.9. The van der Waals surface area contributed by atoms with Crippen LogP contribution < -0.4 is 24.7 Å². The number of nitrogens with zero attached hydrogens (tertiary/aromatic N) is 1. The number of ether oxygens (including phenoxy) is 4. The minimum atomic E-state index is -0.597. The fraction of sp³-hybridized carbons (Fsp3) is 0.125. The van der Waals surface area contributed by atoms with Crippen LogP contribution in [-0.2, 0) is 11.4 Å². The number of carbonyl (C=O) groups excluding carboxylic acids is 1. The summed E-state index contributed by atoms with van der Waals surface area (Å²) in [5.41, 5.74) is 9.61. The maximum absolute atomic E-state index is 12.5. The zero-order valence-corrected chi connectivity index (χ0v) is 23.4. The Bertz CT molecular complexity index is 1680. The number of hydrogen-bond acceptors (Lipinski definition) is 7. The van der Waals surface area contributed by atoms with Gasteiger partial charge in [0.2, 0.25) is 5.88 Å². The first-order valence-electron chi connectivity index (χ1n) is 12.6. The monoisotopic (exact) mass is 586 g/mol. The van der Waals surface area contributed by atoms with Crippen LogP contribution in [0.3, 0.4) is 0 Å². The van der Waals surface area contributed by atoms with E-state index in [2.05, 4.69) is 6.07 Å². The quantitative estimate of drug-likeness (QED) is 0.174. The fourth-order valence-corrected chi connectivity index (χ4v) is 4.86. The molecule has 1 aliphatic rings. The van der Waals surface area contributed by atoms with Gasteiger partial charge < -0.3 is 24.7 Å². The van der Waals surface area contributed by atoms with E-state index >= 15 is 0 Å². The van der Waals surface area contributed by atoms with Gasteiger partial charge in [-0.2, -0.15) is 5.26 Å². The van der Waals surface area contributed by atoms with E-state index < -0.39 is 11.9 Å². The highest BCUT2D eigenvalue weighted by molar-refractivity contribution is 6.31. The lowest BCUT2D eigenvalue weighted by Gasteiger charge is -2.26. The molecule has 0 fully saturated rings. The van der Waals surface area contributed by atoms with Gasteiger partial charge in [0.05, 0.1) is 5.92 Å². The van der Waals surface area contributed by atoms with Gasteiger partial charge >= 0.3 is 5.97 Å². The Labute approximate surface area is 247 Å². The van der Waals surface area contributed by atoms with Crippen LogP contribution in [0.25, 0.3) is 0 Å². The first-order valence-corrected chi connectivity index (χ1v) is 13.4. The number of carbonyl (C=O) groups is 1. The summed E-state index contributed by atoms with van der Waals surface area (Å²) in [5.74, 6) is 0.710. The third kappa shape index (κ3) is 6.41. The molecule has 0 saturated carbocycles. The van der Waals surface area contributed by atoms with Gasteiger partial charge in [0.25, 0.3) is 0 Å². The summed E-state index contributed by atoms with van der Waals surface area (Å²) < 4.78 is 22.7. The number of aryl methyl sites for hydroxylation is 1. The van der Waals surface area contributed by atoms with Crippen molar-refractivity contribution in [2.75, 3.05) is 6.61 Å². The van der Waals surface area contributed by atoms with Gasteiger partial charge in [0, 0.05) is 27.2 Å². The standard InChI is InChI=1S/C32H24Cl2N2O5/c1-19-14-22(33)8-13-28(19)39-18-30(37)40-24-11-12-25-29(15-24)41-32(36)26(16-35)31(25)20-6-9-23(10-7-20)38-17-21-4-2-3-5-27(21)34/h2-15,31H,17-18,36H2,1H3. The van der Waals surface area contributed by atoms with Crippen molar-refractivity contribution in [3.63, 3.8) is 0 Å². The van der Waals surface area contributed by atoms with Crippen molar-refractivity contribution in [1.82, 2.24) is 0 Å². The summed E-state index contributed by atoms with van der Waals surface area (Å²) in [6.45, 7) is 1.86. The maximum Gasteiger partial charge on any atom is 0.349 e. The van der Waals surface area contributed by atoms with E-state index in [9.17, 15) is 10.1 Å². The SMILES string of the molecule is Cc1cc(Cl)ccc1OCC(=O)Oc1ccc2c(c1)OC(N)=C(C#N)C2c1ccc(OCc2ccccc2Cl)cc1. The lowest BCUT2D eigenvalue weighted by atomic mass is 9.83. The number of hydrogen-bond donors (Lipinski definition) is 1. The van der Waals surface area contributed by atoms with Crippen LogP contribution in [0.15, 0.2) is 96.4 Å². The number of halogens is 2. The molecule has 4 aromatic carbocycles. The predicted molar refractivity (Wildman–Crippen MR) is 155 cm³/mol. The number of fused-ring (bicyclic) bond motifs is 1. The van der Waals surface area contributed by atoms with Gasteiger partial charge in [0.1, 0.15) is 41.2 Å². The maximum atomic E-state index is 12.5. The van der Waals surface area contributed by atoms with Gasteiger partial charge in [-0.15, -0.1) is 0 Å². The van der Waals surface area contributed by atoms with Crippen molar-refractivity contribution in [2.45, 2.75) is 19.4 Å². The molecule has 206 valence electrons. The van der Waals surface area contributed by atoms with Crippen molar-refractivity contribution in [3.05, 3.63) is 129 Å². The molecule has 2 N–H and O–H groups in total. The molecule has 41 heavy (non-hydrogen) atoms. The van der Waals surface area contributed by atoms with Crippen LogP contribution in [0.1, 0.15) is 28.2 Å². The summed E-state index contributed by atoms with van der Waals surface area (Å²) in [6, 6.07) is 27.1. The first-order chi connectivity index (χ1) is 19.8. The summed E-state index contributed by atoms with van der Waals surface area (Å²) in [6.07, 6.45) is 0. The molecule has 0 saturated heterocycles. The highest BCUT2D eigenvalue weighted by Gasteiger charge is 2.31. The van der Waals surface area contributed by atoms with Crippen molar-refractivity contribution in [2.24, 2.45) is 5.73 Å². The second-order valence-electron chi connectivity index (χ2n) is 9.25. The molecule has 0 aliphatic carbocycles. The van der Waals surface area contributed by atoms with Gasteiger partial charge in [-0.05, 0) is 60.5 Å². The Morgan fingerprint density at radius 2 is 1.73 bits per heavy atom. The van der Waals surface area contributed by atoms with Gasteiger partial charge in [-0.25, -0.2) is 4.79 Å². The minimum absolute atomic E-state index is 0.0194. The number of nitriles is 1. The van der Waals surface area contributed by atoms with E-state index in [0.717, 1.165) is 16.7 Å². The van der Waals surface area contributed by atoms with E-state index in [1.807, 2.05) is 55.5 Å². The molecule has 0 bridgehead atoms. The average molecular weight is 587 g/mol. The smallest absolute Gasteiger partial charge is 0.349 e. The third-order valence-electron chi connectivity index (χ3n) is 6.47. The molecule has 0 aromatic heterocycles. The number of nitrogens with two attached hydrogens (primary N) is 1. The van der Waals surface area contributed by atoms with E-state index in [1.165, 1.54) is 0 Å². The highest BCUT2D eigenvalue weighted by Crippen LogP contribution is 2.43. The largest absolute Gasteiger partial charge is 0.489 e. The second kappa shape index (κ2) is 12.3. The Kier molecular flexibility index (Phi) is 8.34. The van der Waals surface area contributed by atoms with Crippen LogP contribution in [0.5, 0.6) is 23.0 Å². The van der Waals surface area contributed by atoms with Crippen molar-refractivity contribution in [3.8, 4) is 29.1 Å². The first kappa shape index (κ1) is 27.9. The number of allylic oxidation sites excluding steroid dienone is 1. The van der Waals surface area contributed by atoms with Crippen LogP contribution in [0, 0.1) is 18.3 Å². The molecular weight excluding hydrogens is 563 g/mol.